The Morgan fingerprint density at radius 3 is 2.21 bits per heavy atom. The van der Waals surface area contributed by atoms with Crippen LogP contribution in [0.2, 0.25) is 0 Å². The van der Waals surface area contributed by atoms with Gasteiger partial charge in [-0.3, -0.25) is 4.79 Å². The minimum atomic E-state index is -0.282. The van der Waals surface area contributed by atoms with Crippen LogP contribution < -0.4 is 4.90 Å². The number of benzene rings is 2. The van der Waals surface area contributed by atoms with Gasteiger partial charge in [0, 0.05) is 6.54 Å². The van der Waals surface area contributed by atoms with Crippen LogP contribution in [0.4, 0.5) is 21.9 Å². The summed E-state index contributed by atoms with van der Waals surface area (Å²) in [7, 11) is 0. The van der Waals surface area contributed by atoms with Gasteiger partial charge >= 0.3 is 6.03 Å². The van der Waals surface area contributed by atoms with Crippen LogP contribution in [0.15, 0.2) is 64.8 Å². The van der Waals surface area contributed by atoms with Crippen LogP contribution in [0.25, 0.3) is 0 Å². The summed E-state index contributed by atoms with van der Waals surface area (Å²) < 4.78 is 0. The molecule has 2 aliphatic heterocycles. The van der Waals surface area contributed by atoms with E-state index in [9.17, 15) is 9.59 Å². The summed E-state index contributed by atoms with van der Waals surface area (Å²) in [6.45, 7) is 0.662. The molecular weight excluding hydrogens is 304 g/mol. The van der Waals surface area contributed by atoms with Gasteiger partial charge in [0.1, 0.15) is 6.04 Å². The van der Waals surface area contributed by atoms with E-state index in [0.717, 1.165) is 18.5 Å². The molecular formula is C18H16N4O2. The van der Waals surface area contributed by atoms with Crippen molar-refractivity contribution < 1.29 is 9.59 Å². The number of fused-ring (bicyclic) bond motifs is 1. The zero-order valence-corrected chi connectivity index (χ0v) is 13.0. The third kappa shape index (κ3) is 2.46. The predicted octanol–water partition coefficient (Wildman–Crippen LogP) is 4.03. The molecule has 2 aliphatic rings. The molecule has 0 unspecified atom stereocenters. The molecule has 0 aromatic heterocycles. The molecule has 120 valence electrons. The van der Waals surface area contributed by atoms with E-state index in [1.807, 2.05) is 30.3 Å². The molecule has 0 radical (unpaired) electrons. The fourth-order valence-corrected chi connectivity index (χ4v) is 3.14. The lowest BCUT2D eigenvalue weighted by atomic mass is 10.2. The van der Waals surface area contributed by atoms with Crippen LogP contribution in [0.3, 0.4) is 0 Å². The lowest BCUT2D eigenvalue weighted by Gasteiger charge is -2.15. The molecule has 2 fully saturated rings. The molecule has 2 saturated heterocycles. The smallest absolute Gasteiger partial charge is 0.312 e. The summed E-state index contributed by atoms with van der Waals surface area (Å²) in [4.78, 5) is 27.7. The van der Waals surface area contributed by atoms with Crippen LogP contribution in [-0.2, 0) is 4.79 Å². The van der Waals surface area contributed by atoms with Crippen LogP contribution in [0.1, 0.15) is 12.8 Å². The summed E-state index contributed by atoms with van der Waals surface area (Å²) in [6, 6.07) is 15.9. The number of carbonyl (C=O) groups is 2. The van der Waals surface area contributed by atoms with Gasteiger partial charge in [0.25, 0.3) is 5.91 Å². The highest BCUT2D eigenvalue weighted by molar-refractivity contribution is 6.21. The van der Waals surface area contributed by atoms with Gasteiger partial charge in [0.2, 0.25) is 0 Å². The summed E-state index contributed by atoms with van der Waals surface area (Å²) in [6.07, 6.45) is 1.65. The number of imide groups is 1. The van der Waals surface area contributed by atoms with E-state index < -0.39 is 0 Å². The normalized spacial score (nSPS) is 20.2. The van der Waals surface area contributed by atoms with Crippen LogP contribution in [-0.4, -0.2) is 29.4 Å². The van der Waals surface area contributed by atoms with Crippen molar-refractivity contribution >= 4 is 29.0 Å². The van der Waals surface area contributed by atoms with Gasteiger partial charge in [-0.05, 0) is 49.2 Å². The molecule has 24 heavy (non-hydrogen) atoms. The van der Waals surface area contributed by atoms with Crippen molar-refractivity contribution in [2.45, 2.75) is 18.9 Å². The van der Waals surface area contributed by atoms with Gasteiger partial charge in [-0.1, -0.05) is 18.2 Å². The standard InChI is InChI=1S/C18H16N4O2/c23-17-16-7-4-12-21(16)18(24)22(17)15-10-8-14(9-11-15)20-19-13-5-2-1-3-6-13/h1-3,5-6,8-11,16H,4,7,12H2/t16-/m1/s1. The number of hydrogen-bond acceptors (Lipinski definition) is 4. The quantitative estimate of drug-likeness (QED) is 0.633. The summed E-state index contributed by atoms with van der Waals surface area (Å²) >= 11 is 0. The summed E-state index contributed by atoms with van der Waals surface area (Å²) in [5.41, 5.74) is 2.02. The number of hydrogen-bond donors (Lipinski definition) is 0. The first kappa shape index (κ1) is 14.6. The van der Waals surface area contributed by atoms with Gasteiger partial charge < -0.3 is 4.90 Å². The summed E-state index contributed by atoms with van der Waals surface area (Å²) in [5, 5.41) is 8.32. The fourth-order valence-electron chi connectivity index (χ4n) is 3.14. The number of anilines is 1. The third-order valence-corrected chi connectivity index (χ3v) is 4.34. The van der Waals surface area contributed by atoms with Crippen LogP contribution >= 0.6 is 0 Å². The van der Waals surface area contributed by atoms with E-state index in [-0.39, 0.29) is 18.0 Å². The minimum Gasteiger partial charge on any atom is -0.312 e. The SMILES string of the molecule is O=C1[C@H]2CCCN2C(=O)N1c1ccc(N=Nc2ccccc2)cc1. The largest absolute Gasteiger partial charge is 0.332 e. The maximum atomic E-state index is 12.4. The van der Waals surface area contributed by atoms with Gasteiger partial charge in [-0.25, -0.2) is 9.69 Å². The first-order valence-corrected chi connectivity index (χ1v) is 7.95. The maximum absolute atomic E-state index is 12.4. The number of rotatable bonds is 3. The average Bonchev–Trinajstić information content (AvgIpc) is 3.19. The highest BCUT2D eigenvalue weighted by Gasteiger charge is 2.47. The number of carbonyl (C=O) groups excluding carboxylic acids is 2. The number of nitrogens with zero attached hydrogens (tertiary/aromatic N) is 4. The first-order valence-electron chi connectivity index (χ1n) is 7.95. The number of urea groups is 1. The van der Waals surface area contributed by atoms with E-state index in [1.165, 1.54) is 4.90 Å². The molecule has 0 spiro atoms. The topological polar surface area (TPSA) is 65.3 Å². The monoisotopic (exact) mass is 320 g/mol. The maximum Gasteiger partial charge on any atom is 0.332 e. The Kier molecular flexibility index (Phi) is 3.57. The molecule has 0 aliphatic carbocycles. The van der Waals surface area contributed by atoms with E-state index in [4.69, 9.17) is 0 Å². The van der Waals surface area contributed by atoms with Crippen molar-refractivity contribution in [2.24, 2.45) is 10.2 Å². The zero-order valence-electron chi connectivity index (χ0n) is 13.0. The van der Waals surface area contributed by atoms with Gasteiger partial charge in [0.05, 0.1) is 17.1 Å². The minimum absolute atomic E-state index is 0.129. The van der Waals surface area contributed by atoms with E-state index in [2.05, 4.69) is 10.2 Å². The lowest BCUT2D eigenvalue weighted by molar-refractivity contribution is -0.119. The Morgan fingerprint density at radius 1 is 0.875 bits per heavy atom. The molecule has 0 saturated carbocycles. The average molecular weight is 320 g/mol. The molecule has 2 heterocycles. The van der Waals surface area contributed by atoms with Crippen molar-refractivity contribution in [3.05, 3.63) is 54.6 Å². The first-order chi connectivity index (χ1) is 11.7. The second kappa shape index (κ2) is 5.88. The van der Waals surface area contributed by atoms with Crippen LogP contribution in [0, 0.1) is 0 Å². The molecule has 2 aromatic rings. The lowest BCUT2D eigenvalue weighted by Crippen LogP contribution is -2.32. The van der Waals surface area contributed by atoms with Crippen molar-refractivity contribution in [1.82, 2.24) is 4.90 Å². The van der Waals surface area contributed by atoms with Crippen LogP contribution in [0.5, 0.6) is 0 Å². The Morgan fingerprint density at radius 2 is 1.54 bits per heavy atom. The molecule has 4 rings (SSSR count). The van der Waals surface area contributed by atoms with Gasteiger partial charge in [0.15, 0.2) is 0 Å². The molecule has 0 bridgehead atoms. The predicted molar refractivity (Wildman–Crippen MR) is 89.7 cm³/mol. The van der Waals surface area contributed by atoms with Crippen molar-refractivity contribution in [3.63, 3.8) is 0 Å². The Labute approximate surface area is 139 Å². The van der Waals surface area contributed by atoms with E-state index >= 15 is 0 Å². The van der Waals surface area contributed by atoms with E-state index in [1.54, 1.807) is 29.2 Å². The fraction of sp³-hybridized carbons (Fsp3) is 0.222. The molecule has 3 amide bonds. The zero-order chi connectivity index (χ0) is 16.5. The molecule has 6 heteroatoms. The number of azo groups is 1. The second-order valence-electron chi connectivity index (χ2n) is 5.86. The number of amides is 3. The van der Waals surface area contributed by atoms with E-state index in [0.29, 0.717) is 17.9 Å². The van der Waals surface area contributed by atoms with Crippen molar-refractivity contribution in [3.8, 4) is 0 Å². The highest BCUT2D eigenvalue weighted by atomic mass is 16.2. The molecule has 0 N–H and O–H groups in total. The Hall–Kier alpha value is -3.02. The van der Waals surface area contributed by atoms with Crippen molar-refractivity contribution in [2.75, 3.05) is 11.4 Å². The molecule has 6 nitrogen and oxygen atoms in total. The van der Waals surface area contributed by atoms with Gasteiger partial charge in [-0.15, -0.1) is 0 Å². The van der Waals surface area contributed by atoms with Gasteiger partial charge in [-0.2, -0.15) is 10.2 Å². The van der Waals surface area contributed by atoms with Crippen molar-refractivity contribution in [1.29, 1.82) is 0 Å². The Balaban J connectivity index is 1.53. The second-order valence-corrected chi connectivity index (χ2v) is 5.86. The Bertz CT molecular complexity index is 780. The molecule has 1 atom stereocenters. The molecule has 2 aromatic carbocycles. The third-order valence-electron chi connectivity index (χ3n) is 4.34. The summed E-state index contributed by atoms with van der Waals surface area (Å²) in [5.74, 6) is -0.129. The highest BCUT2D eigenvalue weighted by Crippen LogP contribution is 2.32.